The Hall–Kier alpha value is -4.86. The molecule has 4 rings (SSSR count). The summed E-state index contributed by atoms with van der Waals surface area (Å²) in [6, 6.07) is 20.5. The van der Waals surface area contributed by atoms with Gasteiger partial charge in [-0.15, -0.1) is 0 Å². The number of carboxylic acids is 2. The van der Waals surface area contributed by atoms with Crippen molar-refractivity contribution in [2.24, 2.45) is 0 Å². The number of hydrogen-bond acceptors (Lipinski definition) is 5. The van der Waals surface area contributed by atoms with Crippen molar-refractivity contribution in [2.75, 3.05) is 10.6 Å². The second-order valence-corrected chi connectivity index (χ2v) is 8.92. The number of carbonyl (C=O) groups is 4. The Morgan fingerprint density at radius 2 is 0.923 bits per heavy atom. The highest BCUT2D eigenvalue weighted by molar-refractivity contribution is 6.31. The fraction of sp³-hybridized carbons (Fsp3) is 0. The molecule has 0 aliphatic carbocycles. The number of halogens is 2. The molecular weight excluding hydrogens is 547 g/mol. The fourth-order valence-electron chi connectivity index (χ4n) is 3.48. The van der Waals surface area contributed by atoms with Crippen LogP contribution in [0.3, 0.4) is 0 Å². The molecule has 0 aromatic heterocycles. The van der Waals surface area contributed by atoms with E-state index in [1.165, 1.54) is 60.7 Å². The van der Waals surface area contributed by atoms with E-state index in [4.69, 9.17) is 27.9 Å². The number of aromatic carboxylic acids is 2. The van der Waals surface area contributed by atoms with Crippen molar-refractivity contribution in [2.45, 2.75) is 0 Å². The molecule has 39 heavy (non-hydrogen) atoms. The van der Waals surface area contributed by atoms with Gasteiger partial charge in [0.15, 0.2) is 0 Å². The SMILES string of the molecule is O=C(Nc1ccc(Cl)cc1C(=O)O)c1ccc(Oc2ccc(C(=O)Nc3ccc(Cl)cc3C(=O)O)cc2)cc1. The number of nitrogens with one attached hydrogen (secondary N) is 2. The molecule has 0 bridgehead atoms. The summed E-state index contributed by atoms with van der Waals surface area (Å²) in [6.07, 6.45) is 0. The number of rotatable bonds is 8. The van der Waals surface area contributed by atoms with Crippen molar-refractivity contribution in [3.8, 4) is 11.5 Å². The quantitative estimate of drug-likeness (QED) is 0.187. The standard InChI is InChI=1S/C28H18Cl2N2O7/c29-17-5-11-23(21(13-17)27(35)36)31-25(33)15-1-7-19(8-2-15)39-20-9-3-16(4-10-20)26(34)32-24-12-6-18(30)14-22(24)28(37)38/h1-14H,(H,31,33)(H,32,34)(H,35,36)(H,37,38). The molecular formula is C28H18Cl2N2O7. The highest BCUT2D eigenvalue weighted by atomic mass is 35.5. The lowest BCUT2D eigenvalue weighted by Gasteiger charge is -2.11. The molecule has 196 valence electrons. The number of anilines is 2. The maximum absolute atomic E-state index is 12.6. The summed E-state index contributed by atoms with van der Waals surface area (Å²) in [5, 5.41) is 24.2. The summed E-state index contributed by atoms with van der Waals surface area (Å²) >= 11 is 11.7. The number of carbonyl (C=O) groups excluding carboxylic acids is 2. The first-order valence-electron chi connectivity index (χ1n) is 11.2. The van der Waals surface area contributed by atoms with Gasteiger partial charge in [-0.1, -0.05) is 23.2 Å². The van der Waals surface area contributed by atoms with Crippen LogP contribution in [0.5, 0.6) is 11.5 Å². The summed E-state index contributed by atoms with van der Waals surface area (Å²) in [6.45, 7) is 0. The molecule has 0 aliphatic rings. The van der Waals surface area contributed by atoms with Gasteiger partial charge in [-0.25, -0.2) is 9.59 Å². The Bertz CT molecular complexity index is 1470. The molecule has 0 spiro atoms. The lowest BCUT2D eigenvalue weighted by Crippen LogP contribution is -2.14. The minimum Gasteiger partial charge on any atom is -0.478 e. The van der Waals surface area contributed by atoms with E-state index < -0.39 is 23.8 Å². The minimum atomic E-state index is -1.23. The monoisotopic (exact) mass is 564 g/mol. The van der Waals surface area contributed by atoms with Crippen molar-refractivity contribution < 1.29 is 34.1 Å². The fourth-order valence-corrected chi connectivity index (χ4v) is 3.82. The van der Waals surface area contributed by atoms with E-state index in [1.54, 1.807) is 24.3 Å². The summed E-state index contributed by atoms with van der Waals surface area (Å²) < 4.78 is 5.76. The number of carboxylic acid groups (broad SMARTS) is 2. The number of benzene rings is 4. The zero-order valence-electron chi connectivity index (χ0n) is 19.8. The molecule has 0 heterocycles. The van der Waals surface area contributed by atoms with Crippen molar-refractivity contribution >= 4 is 58.3 Å². The van der Waals surface area contributed by atoms with Gasteiger partial charge in [-0.05, 0) is 84.9 Å². The first-order valence-corrected chi connectivity index (χ1v) is 11.9. The first kappa shape index (κ1) is 27.2. The average Bonchev–Trinajstić information content (AvgIpc) is 2.91. The lowest BCUT2D eigenvalue weighted by molar-refractivity contribution is 0.0687. The Morgan fingerprint density at radius 3 is 1.26 bits per heavy atom. The molecule has 9 nitrogen and oxygen atoms in total. The predicted molar refractivity (Wildman–Crippen MR) is 146 cm³/mol. The van der Waals surface area contributed by atoms with Crippen LogP contribution in [-0.4, -0.2) is 34.0 Å². The average molecular weight is 565 g/mol. The number of amides is 2. The van der Waals surface area contributed by atoms with Gasteiger partial charge < -0.3 is 25.6 Å². The van der Waals surface area contributed by atoms with E-state index in [2.05, 4.69) is 10.6 Å². The highest BCUT2D eigenvalue weighted by Gasteiger charge is 2.16. The van der Waals surface area contributed by atoms with Crippen LogP contribution in [0.15, 0.2) is 84.9 Å². The van der Waals surface area contributed by atoms with Crippen LogP contribution in [0, 0.1) is 0 Å². The van der Waals surface area contributed by atoms with E-state index in [-0.39, 0.29) is 43.7 Å². The molecule has 0 aliphatic heterocycles. The van der Waals surface area contributed by atoms with E-state index in [1.807, 2.05) is 0 Å². The molecule has 4 aromatic rings. The van der Waals surface area contributed by atoms with E-state index in [9.17, 15) is 29.4 Å². The van der Waals surface area contributed by atoms with Crippen molar-refractivity contribution in [3.63, 3.8) is 0 Å². The van der Waals surface area contributed by atoms with E-state index >= 15 is 0 Å². The van der Waals surface area contributed by atoms with Gasteiger partial charge in [-0.3, -0.25) is 9.59 Å². The number of ether oxygens (including phenoxy) is 1. The van der Waals surface area contributed by atoms with Gasteiger partial charge in [0, 0.05) is 21.2 Å². The maximum atomic E-state index is 12.6. The van der Waals surface area contributed by atoms with Crippen LogP contribution in [0.1, 0.15) is 41.4 Å². The van der Waals surface area contributed by atoms with Crippen LogP contribution in [0.25, 0.3) is 0 Å². The van der Waals surface area contributed by atoms with Gasteiger partial charge in [0.2, 0.25) is 0 Å². The van der Waals surface area contributed by atoms with Crippen LogP contribution < -0.4 is 15.4 Å². The summed E-state index contributed by atoms with van der Waals surface area (Å²) in [7, 11) is 0. The van der Waals surface area contributed by atoms with Gasteiger partial charge in [0.1, 0.15) is 11.5 Å². The van der Waals surface area contributed by atoms with Crippen LogP contribution in [-0.2, 0) is 0 Å². The second-order valence-electron chi connectivity index (χ2n) is 8.05. The van der Waals surface area contributed by atoms with Crippen molar-refractivity contribution in [1.82, 2.24) is 0 Å². The maximum Gasteiger partial charge on any atom is 0.337 e. The van der Waals surface area contributed by atoms with Gasteiger partial charge in [0.05, 0.1) is 22.5 Å². The lowest BCUT2D eigenvalue weighted by atomic mass is 10.1. The van der Waals surface area contributed by atoms with Crippen LogP contribution in [0.4, 0.5) is 11.4 Å². The molecule has 11 heteroatoms. The molecule has 4 N–H and O–H groups in total. The Morgan fingerprint density at radius 1 is 0.564 bits per heavy atom. The molecule has 0 unspecified atom stereocenters. The van der Waals surface area contributed by atoms with Gasteiger partial charge >= 0.3 is 11.9 Å². The summed E-state index contributed by atoms with van der Waals surface area (Å²) in [5.74, 6) is -2.67. The molecule has 4 aromatic carbocycles. The van der Waals surface area contributed by atoms with E-state index in [0.29, 0.717) is 11.5 Å². The molecule has 0 fully saturated rings. The third-order valence-electron chi connectivity index (χ3n) is 5.39. The molecule has 0 saturated heterocycles. The van der Waals surface area contributed by atoms with Crippen molar-refractivity contribution in [3.05, 3.63) is 117 Å². The third kappa shape index (κ3) is 6.72. The minimum absolute atomic E-state index is 0.108. The Labute approximate surface area is 231 Å². The first-order chi connectivity index (χ1) is 18.6. The smallest absolute Gasteiger partial charge is 0.337 e. The zero-order valence-corrected chi connectivity index (χ0v) is 21.3. The second kappa shape index (κ2) is 11.7. The molecule has 0 saturated carbocycles. The largest absolute Gasteiger partial charge is 0.478 e. The molecule has 0 atom stereocenters. The molecule has 2 amide bonds. The van der Waals surface area contributed by atoms with Gasteiger partial charge in [0.25, 0.3) is 11.8 Å². The van der Waals surface area contributed by atoms with Crippen LogP contribution in [0.2, 0.25) is 10.0 Å². The summed E-state index contributed by atoms with van der Waals surface area (Å²) in [4.78, 5) is 48.0. The van der Waals surface area contributed by atoms with Gasteiger partial charge in [-0.2, -0.15) is 0 Å². The third-order valence-corrected chi connectivity index (χ3v) is 5.86. The Kier molecular flexibility index (Phi) is 8.14. The van der Waals surface area contributed by atoms with Crippen LogP contribution >= 0.6 is 23.2 Å². The summed E-state index contributed by atoms with van der Waals surface area (Å²) in [5.41, 5.74) is 0.479. The Balaban J connectivity index is 1.40. The topological polar surface area (TPSA) is 142 Å². The van der Waals surface area contributed by atoms with Crippen molar-refractivity contribution in [1.29, 1.82) is 0 Å². The normalized spacial score (nSPS) is 10.4. The zero-order chi connectivity index (χ0) is 28.1. The predicted octanol–water partition coefficient (Wildman–Crippen LogP) is 6.69. The highest BCUT2D eigenvalue weighted by Crippen LogP contribution is 2.25. The molecule has 0 radical (unpaired) electrons. The van der Waals surface area contributed by atoms with E-state index in [0.717, 1.165) is 0 Å². The number of hydrogen-bond donors (Lipinski definition) is 4.